The van der Waals surface area contributed by atoms with E-state index in [9.17, 15) is 8.42 Å². The van der Waals surface area contributed by atoms with Crippen molar-refractivity contribution in [2.24, 2.45) is 0 Å². The number of nitrogen functional groups attached to an aromatic ring is 1. The monoisotopic (exact) mass is 310 g/mol. The van der Waals surface area contributed by atoms with Crippen LogP contribution in [0.25, 0.3) is 11.0 Å². The maximum absolute atomic E-state index is 11.9. The van der Waals surface area contributed by atoms with Crippen LogP contribution in [0.3, 0.4) is 0 Å². The molecule has 7 heteroatoms. The lowest BCUT2D eigenvalue weighted by atomic mass is 10.0. The molecule has 0 saturated heterocycles. The molecule has 0 aliphatic carbocycles. The number of hydrogen-bond donors (Lipinski definition) is 1. The third-order valence-electron chi connectivity index (χ3n) is 3.93. The van der Waals surface area contributed by atoms with Crippen molar-refractivity contribution in [3.8, 4) is 0 Å². The molecule has 0 aliphatic rings. The summed E-state index contributed by atoms with van der Waals surface area (Å²) in [6.07, 6.45) is 1.18. The fraction of sp³-hybridized carbons (Fsp3) is 0.500. The van der Waals surface area contributed by atoms with Gasteiger partial charge < -0.3 is 15.2 Å². The Morgan fingerprint density at radius 3 is 2.48 bits per heavy atom. The molecule has 0 bridgehead atoms. The Bertz CT molecular complexity index is 776. The first-order valence-corrected chi connectivity index (χ1v) is 8.55. The lowest BCUT2D eigenvalue weighted by Gasteiger charge is -2.33. The largest absolute Gasteiger partial charge is 0.369 e. The number of aromatic nitrogens is 2. The average molecular weight is 310 g/mol. The molecule has 0 radical (unpaired) electrons. The predicted molar refractivity (Wildman–Crippen MR) is 85.0 cm³/mol. The van der Waals surface area contributed by atoms with Crippen molar-refractivity contribution in [3.63, 3.8) is 0 Å². The van der Waals surface area contributed by atoms with Gasteiger partial charge in [0.15, 0.2) is 9.84 Å². The number of hydrogen-bond acceptors (Lipinski definition) is 5. The van der Waals surface area contributed by atoms with Crippen molar-refractivity contribution in [2.75, 3.05) is 26.1 Å². The fourth-order valence-corrected chi connectivity index (χ4v) is 2.96. The molecule has 0 atom stereocenters. The summed E-state index contributed by atoms with van der Waals surface area (Å²) >= 11 is 0. The number of rotatable bonds is 4. The van der Waals surface area contributed by atoms with Crippen molar-refractivity contribution >= 4 is 26.8 Å². The minimum absolute atomic E-state index is 0.136. The van der Waals surface area contributed by atoms with Crippen LogP contribution in [-0.4, -0.2) is 48.8 Å². The molecule has 116 valence electrons. The van der Waals surface area contributed by atoms with E-state index in [1.165, 1.54) is 6.26 Å². The van der Waals surface area contributed by atoms with Crippen molar-refractivity contribution in [2.45, 2.75) is 30.8 Å². The highest BCUT2D eigenvalue weighted by Gasteiger charge is 2.25. The fourth-order valence-electron chi connectivity index (χ4n) is 2.13. The van der Waals surface area contributed by atoms with Crippen molar-refractivity contribution < 1.29 is 8.42 Å². The van der Waals surface area contributed by atoms with Crippen LogP contribution in [0, 0.1) is 0 Å². The summed E-state index contributed by atoms with van der Waals surface area (Å²) in [5.41, 5.74) is 7.05. The lowest BCUT2D eigenvalue weighted by molar-refractivity contribution is 0.172. The molecule has 1 aromatic heterocycles. The molecule has 2 N–H and O–H groups in total. The zero-order valence-electron chi connectivity index (χ0n) is 13.1. The number of anilines is 1. The van der Waals surface area contributed by atoms with E-state index in [1.807, 2.05) is 24.7 Å². The molecule has 2 aromatic rings. The van der Waals surface area contributed by atoms with Crippen LogP contribution in [0.5, 0.6) is 0 Å². The second-order valence-corrected chi connectivity index (χ2v) is 8.14. The minimum Gasteiger partial charge on any atom is -0.369 e. The van der Waals surface area contributed by atoms with E-state index < -0.39 is 9.84 Å². The summed E-state index contributed by atoms with van der Waals surface area (Å²) in [6.45, 7) is 4.81. The molecule has 2 rings (SSSR count). The first kappa shape index (κ1) is 15.8. The Balaban J connectivity index is 2.65. The summed E-state index contributed by atoms with van der Waals surface area (Å²) in [6, 6.07) is 5.13. The summed E-state index contributed by atoms with van der Waals surface area (Å²) in [5.74, 6) is 0.330. The SMILES string of the molecule is CN(C)C(C)(C)Cn1c(N)nc2c(S(C)(=O)=O)cccc21. The summed E-state index contributed by atoms with van der Waals surface area (Å²) in [7, 11) is 0.660. The Morgan fingerprint density at radius 1 is 1.33 bits per heavy atom. The number of sulfone groups is 1. The second-order valence-electron chi connectivity index (χ2n) is 6.16. The Morgan fingerprint density at radius 2 is 1.95 bits per heavy atom. The topological polar surface area (TPSA) is 81.2 Å². The molecule has 0 saturated carbocycles. The second kappa shape index (κ2) is 4.99. The number of imidazole rings is 1. The van der Waals surface area contributed by atoms with Gasteiger partial charge in [0.2, 0.25) is 5.95 Å². The highest BCUT2D eigenvalue weighted by Crippen LogP contribution is 2.27. The van der Waals surface area contributed by atoms with Gasteiger partial charge in [-0.15, -0.1) is 0 Å². The van der Waals surface area contributed by atoms with Gasteiger partial charge in [0.1, 0.15) is 5.52 Å². The molecule has 0 amide bonds. The van der Waals surface area contributed by atoms with E-state index in [2.05, 4.69) is 23.7 Å². The molecule has 1 heterocycles. The van der Waals surface area contributed by atoms with Gasteiger partial charge in [-0.2, -0.15) is 0 Å². The van der Waals surface area contributed by atoms with Crippen molar-refractivity contribution in [3.05, 3.63) is 18.2 Å². The van der Waals surface area contributed by atoms with Gasteiger partial charge in [0, 0.05) is 18.3 Å². The van der Waals surface area contributed by atoms with Crippen molar-refractivity contribution in [1.29, 1.82) is 0 Å². The first-order chi connectivity index (χ1) is 9.54. The third-order valence-corrected chi connectivity index (χ3v) is 5.05. The molecule has 0 unspecified atom stereocenters. The van der Waals surface area contributed by atoms with E-state index >= 15 is 0 Å². The van der Waals surface area contributed by atoms with Crippen LogP contribution in [0.2, 0.25) is 0 Å². The smallest absolute Gasteiger partial charge is 0.201 e. The number of nitrogens with two attached hydrogens (primary N) is 1. The third kappa shape index (κ3) is 2.89. The highest BCUT2D eigenvalue weighted by atomic mass is 32.2. The standard InChI is InChI=1S/C14H22N4O2S/c1-14(2,17(3)4)9-18-10-7-6-8-11(21(5,19)20)12(10)16-13(18)15/h6-8H,9H2,1-5H3,(H2,15,16). The van der Waals surface area contributed by atoms with Gasteiger partial charge >= 0.3 is 0 Å². The number of fused-ring (bicyclic) bond motifs is 1. The van der Waals surface area contributed by atoms with Gasteiger partial charge in [-0.05, 0) is 40.1 Å². The molecule has 0 aliphatic heterocycles. The Labute approximate surface area is 125 Å². The summed E-state index contributed by atoms with van der Waals surface area (Å²) < 4.78 is 25.6. The van der Waals surface area contributed by atoms with Gasteiger partial charge in [0.05, 0.1) is 10.4 Å². The predicted octanol–water partition coefficient (Wildman–Crippen LogP) is 1.36. The van der Waals surface area contributed by atoms with Crippen LogP contribution in [0.4, 0.5) is 5.95 Å². The van der Waals surface area contributed by atoms with Crippen LogP contribution < -0.4 is 5.73 Å². The maximum Gasteiger partial charge on any atom is 0.201 e. The molecule has 6 nitrogen and oxygen atoms in total. The first-order valence-electron chi connectivity index (χ1n) is 6.66. The molecule has 0 fully saturated rings. The van der Waals surface area contributed by atoms with Crippen LogP contribution in [0.15, 0.2) is 23.1 Å². The van der Waals surface area contributed by atoms with Gasteiger partial charge in [-0.3, -0.25) is 0 Å². The minimum atomic E-state index is -3.33. The van der Waals surface area contributed by atoms with Crippen LogP contribution in [-0.2, 0) is 16.4 Å². The van der Waals surface area contributed by atoms with Gasteiger partial charge in [-0.1, -0.05) is 6.07 Å². The number of nitrogens with zero attached hydrogens (tertiary/aromatic N) is 3. The molecule has 1 aromatic carbocycles. The quantitative estimate of drug-likeness (QED) is 0.922. The van der Waals surface area contributed by atoms with Gasteiger partial charge in [-0.25, -0.2) is 13.4 Å². The molecule has 21 heavy (non-hydrogen) atoms. The summed E-state index contributed by atoms with van der Waals surface area (Å²) in [4.78, 5) is 6.58. The van der Waals surface area contributed by atoms with E-state index in [-0.39, 0.29) is 10.4 Å². The van der Waals surface area contributed by atoms with Gasteiger partial charge in [0.25, 0.3) is 0 Å². The maximum atomic E-state index is 11.9. The van der Waals surface area contributed by atoms with E-state index in [0.29, 0.717) is 18.0 Å². The molecular formula is C14H22N4O2S. The van der Waals surface area contributed by atoms with E-state index in [1.54, 1.807) is 12.1 Å². The number of para-hydroxylation sites is 1. The zero-order valence-corrected chi connectivity index (χ0v) is 13.9. The van der Waals surface area contributed by atoms with Crippen LogP contribution >= 0.6 is 0 Å². The molecular weight excluding hydrogens is 288 g/mol. The number of benzene rings is 1. The average Bonchev–Trinajstić information content (AvgIpc) is 2.64. The van der Waals surface area contributed by atoms with Crippen molar-refractivity contribution in [1.82, 2.24) is 14.5 Å². The van der Waals surface area contributed by atoms with E-state index in [4.69, 9.17) is 5.73 Å². The highest BCUT2D eigenvalue weighted by molar-refractivity contribution is 7.91. The normalized spacial score (nSPS) is 13.2. The Hall–Kier alpha value is -1.60. The Kier molecular flexibility index (Phi) is 3.75. The zero-order chi connectivity index (χ0) is 16.0. The lowest BCUT2D eigenvalue weighted by Crippen LogP contribution is -2.42. The van der Waals surface area contributed by atoms with Crippen LogP contribution in [0.1, 0.15) is 13.8 Å². The van der Waals surface area contributed by atoms with E-state index in [0.717, 1.165) is 5.52 Å². The summed E-state index contributed by atoms with van der Waals surface area (Å²) in [5, 5.41) is 0. The number of likely N-dealkylation sites (N-methyl/N-ethyl adjacent to an activating group) is 1. The molecule has 0 spiro atoms.